The molecule has 0 spiro atoms. The zero-order valence-electron chi connectivity index (χ0n) is 9.52. The molecule has 6 nitrogen and oxygen atoms in total. The van der Waals surface area contributed by atoms with Crippen molar-refractivity contribution in [1.82, 2.24) is 10.2 Å². The number of carbonyl (C=O) groups is 2. The fraction of sp³-hybridized carbons (Fsp3) is 0.636. The van der Waals surface area contributed by atoms with Gasteiger partial charge in [-0.05, 0) is 12.8 Å². The van der Waals surface area contributed by atoms with E-state index in [1.165, 1.54) is 11.0 Å². The first-order valence-electron chi connectivity index (χ1n) is 5.62. The van der Waals surface area contributed by atoms with Crippen molar-refractivity contribution in [3.8, 4) is 0 Å². The molecule has 2 N–H and O–H groups in total. The molecule has 0 radical (unpaired) electrons. The number of ether oxygens (including phenoxy) is 1. The molecule has 3 aliphatic rings. The SMILES string of the molecule is C=CCOC(=O)N1CC2(C(=O)O)CCC1CN2. The number of hydrogen-bond acceptors (Lipinski definition) is 4. The highest BCUT2D eigenvalue weighted by atomic mass is 16.6. The third kappa shape index (κ3) is 2.00. The van der Waals surface area contributed by atoms with Gasteiger partial charge in [-0.25, -0.2) is 4.79 Å². The third-order valence-corrected chi connectivity index (χ3v) is 3.43. The highest BCUT2D eigenvalue weighted by Gasteiger charge is 2.51. The minimum atomic E-state index is -0.998. The summed E-state index contributed by atoms with van der Waals surface area (Å²) >= 11 is 0. The lowest BCUT2D eigenvalue weighted by Gasteiger charge is -2.50. The summed E-state index contributed by atoms with van der Waals surface area (Å²) in [5.74, 6) is -0.905. The standard InChI is InChI=1S/C11H16N2O4/c1-2-5-17-10(16)13-7-11(9(14)15)4-3-8(13)6-12-11/h2,8,12H,1,3-7H2,(H,14,15). The van der Waals surface area contributed by atoms with Gasteiger partial charge >= 0.3 is 12.1 Å². The second-order valence-electron chi connectivity index (χ2n) is 4.45. The second-order valence-corrected chi connectivity index (χ2v) is 4.45. The molecule has 0 aromatic rings. The summed E-state index contributed by atoms with van der Waals surface area (Å²) in [4.78, 5) is 24.5. The number of carbonyl (C=O) groups excluding carboxylic acids is 1. The van der Waals surface area contributed by atoms with Crippen LogP contribution in [0.1, 0.15) is 12.8 Å². The molecule has 94 valence electrons. The lowest BCUT2D eigenvalue weighted by atomic mass is 9.81. The smallest absolute Gasteiger partial charge is 0.410 e. The van der Waals surface area contributed by atoms with Crippen molar-refractivity contribution in [2.45, 2.75) is 24.4 Å². The molecule has 17 heavy (non-hydrogen) atoms. The fourth-order valence-electron chi connectivity index (χ4n) is 2.41. The molecule has 2 unspecified atom stereocenters. The lowest BCUT2D eigenvalue weighted by Crippen LogP contribution is -2.72. The van der Waals surface area contributed by atoms with Crippen LogP contribution >= 0.6 is 0 Å². The van der Waals surface area contributed by atoms with E-state index in [9.17, 15) is 14.7 Å². The van der Waals surface area contributed by atoms with E-state index < -0.39 is 17.6 Å². The Morgan fingerprint density at radius 1 is 1.65 bits per heavy atom. The van der Waals surface area contributed by atoms with Gasteiger partial charge in [0.25, 0.3) is 0 Å². The number of fused-ring (bicyclic) bond motifs is 3. The average Bonchev–Trinajstić information content (AvgIpc) is 2.37. The Labute approximate surface area is 99.2 Å². The van der Waals surface area contributed by atoms with E-state index in [0.29, 0.717) is 19.4 Å². The van der Waals surface area contributed by atoms with Crippen molar-refractivity contribution in [2.75, 3.05) is 19.7 Å². The Kier molecular flexibility index (Phi) is 3.06. The predicted molar refractivity (Wildman–Crippen MR) is 59.6 cm³/mol. The zero-order chi connectivity index (χ0) is 12.5. The molecule has 2 bridgehead atoms. The summed E-state index contributed by atoms with van der Waals surface area (Å²) in [7, 11) is 0. The molecule has 0 aliphatic carbocycles. The summed E-state index contributed by atoms with van der Waals surface area (Å²) < 4.78 is 4.96. The maximum absolute atomic E-state index is 11.7. The van der Waals surface area contributed by atoms with Gasteiger partial charge in [0, 0.05) is 12.6 Å². The van der Waals surface area contributed by atoms with Crippen LogP contribution in [0.5, 0.6) is 0 Å². The topological polar surface area (TPSA) is 78.9 Å². The number of rotatable bonds is 3. The van der Waals surface area contributed by atoms with Crippen molar-refractivity contribution < 1.29 is 19.4 Å². The molecule has 0 saturated carbocycles. The minimum Gasteiger partial charge on any atom is -0.480 e. The predicted octanol–water partition coefficient (Wildman–Crippen LogP) is 0.200. The maximum Gasteiger partial charge on any atom is 0.410 e. The molecular weight excluding hydrogens is 224 g/mol. The van der Waals surface area contributed by atoms with Crippen LogP contribution in [0.2, 0.25) is 0 Å². The van der Waals surface area contributed by atoms with Gasteiger partial charge < -0.3 is 14.7 Å². The van der Waals surface area contributed by atoms with Crippen molar-refractivity contribution in [1.29, 1.82) is 0 Å². The second kappa shape index (κ2) is 4.37. The summed E-state index contributed by atoms with van der Waals surface area (Å²) in [5, 5.41) is 12.2. The largest absolute Gasteiger partial charge is 0.480 e. The number of nitrogens with one attached hydrogen (secondary N) is 1. The number of amides is 1. The van der Waals surface area contributed by atoms with Gasteiger partial charge in [-0.15, -0.1) is 0 Å². The molecule has 1 amide bonds. The number of aliphatic carboxylic acids is 1. The van der Waals surface area contributed by atoms with Gasteiger partial charge in [0.05, 0.1) is 6.54 Å². The molecule has 3 saturated heterocycles. The van der Waals surface area contributed by atoms with Crippen LogP contribution in [0.25, 0.3) is 0 Å². The number of nitrogens with zero attached hydrogens (tertiary/aromatic N) is 1. The normalized spacial score (nSPS) is 31.1. The summed E-state index contributed by atoms with van der Waals surface area (Å²) in [6.07, 6.45) is 2.29. The highest BCUT2D eigenvalue weighted by Crippen LogP contribution is 2.31. The summed E-state index contributed by atoms with van der Waals surface area (Å²) in [6, 6.07) is 0.0357. The van der Waals surface area contributed by atoms with E-state index in [4.69, 9.17) is 4.74 Å². The van der Waals surface area contributed by atoms with Crippen LogP contribution in [0.15, 0.2) is 12.7 Å². The van der Waals surface area contributed by atoms with Gasteiger partial charge in [-0.1, -0.05) is 12.7 Å². The first-order valence-corrected chi connectivity index (χ1v) is 5.62. The number of piperidine rings is 2. The third-order valence-electron chi connectivity index (χ3n) is 3.43. The van der Waals surface area contributed by atoms with Gasteiger partial charge in [0.1, 0.15) is 12.1 Å². The van der Waals surface area contributed by atoms with Crippen LogP contribution in [-0.2, 0) is 9.53 Å². The van der Waals surface area contributed by atoms with E-state index in [1.54, 1.807) is 0 Å². The Morgan fingerprint density at radius 2 is 2.41 bits per heavy atom. The first kappa shape index (κ1) is 11.9. The lowest BCUT2D eigenvalue weighted by molar-refractivity contribution is -0.150. The Hall–Kier alpha value is -1.56. The quantitative estimate of drug-likeness (QED) is 0.689. The van der Waals surface area contributed by atoms with Crippen molar-refractivity contribution >= 4 is 12.1 Å². The fourth-order valence-corrected chi connectivity index (χ4v) is 2.41. The maximum atomic E-state index is 11.7. The number of hydrogen-bond donors (Lipinski definition) is 2. The van der Waals surface area contributed by atoms with E-state index in [2.05, 4.69) is 11.9 Å². The van der Waals surface area contributed by atoms with Crippen molar-refractivity contribution in [2.24, 2.45) is 0 Å². The molecule has 2 atom stereocenters. The summed E-state index contributed by atoms with van der Waals surface area (Å²) in [5.41, 5.74) is -0.998. The first-order chi connectivity index (χ1) is 8.09. The number of carboxylic acid groups (broad SMARTS) is 1. The zero-order valence-corrected chi connectivity index (χ0v) is 9.52. The molecule has 0 aromatic carbocycles. The van der Waals surface area contributed by atoms with Crippen LogP contribution in [-0.4, -0.2) is 53.3 Å². The van der Waals surface area contributed by atoms with Gasteiger partial charge in [0.2, 0.25) is 0 Å². The average molecular weight is 240 g/mol. The van der Waals surface area contributed by atoms with Crippen molar-refractivity contribution in [3.63, 3.8) is 0 Å². The van der Waals surface area contributed by atoms with Gasteiger partial charge in [-0.3, -0.25) is 10.1 Å². The van der Waals surface area contributed by atoms with Gasteiger partial charge in [-0.2, -0.15) is 0 Å². The minimum absolute atomic E-state index is 0.0357. The Bertz CT molecular complexity index is 347. The van der Waals surface area contributed by atoms with Gasteiger partial charge in [0.15, 0.2) is 0 Å². The molecule has 3 fully saturated rings. The molecule has 3 aliphatic heterocycles. The molecule has 6 heteroatoms. The monoisotopic (exact) mass is 240 g/mol. The van der Waals surface area contributed by atoms with E-state index >= 15 is 0 Å². The molecule has 3 rings (SSSR count). The Balaban J connectivity index is 2.08. The van der Waals surface area contributed by atoms with Crippen LogP contribution in [0.3, 0.4) is 0 Å². The number of carboxylic acids is 1. The van der Waals surface area contributed by atoms with Crippen LogP contribution in [0, 0.1) is 0 Å². The molecule has 0 aromatic heterocycles. The van der Waals surface area contributed by atoms with E-state index in [1.807, 2.05) is 0 Å². The van der Waals surface area contributed by atoms with Crippen LogP contribution in [0.4, 0.5) is 4.79 Å². The van der Waals surface area contributed by atoms with Crippen molar-refractivity contribution in [3.05, 3.63) is 12.7 Å². The van der Waals surface area contributed by atoms with E-state index in [0.717, 1.165) is 0 Å². The highest BCUT2D eigenvalue weighted by molar-refractivity contribution is 5.81. The molecular formula is C11H16N2O4. The Morgan fingerprint density at radius 3 is 2.94 bits per heavy atom. The van der Waals surface area contributed by atoms with E-state index in [-0.39, 0.29) is 19.2 Å². The summed E-state index contributed by atoms with van der Waals surface area (Å²) in [6.45, 7) is 4.29. The molecule has 3 heterocycles. The number of piperazine rings is 1. The van der Waals surface area contributed by atoms with Crippen LogP contribution < -0.4 is 5.32 Å².